The van der Waals surface area contributed by atoms with Crippen molar-refractivity contribution in [3.05, 3.63) is 22.4 Å². The molecule has 1 aliphatic rings. The van der Waals surface area contributed by atoms with Gasteiger partial charge in [0.05, 0.1) is 27.6 Å². The molecule has 1 heterocycles. The van der Waals surface area contributed by atoms with Gasteiger partial charge in [-0.3, -0.25) is 0 Å². The molecule has 2 N–H and O–H groups in total. The molecule has 2 rings (SSSR count). The van der Waals surface area contributed by atoms with Crippen LogP contribution in [-0.4, -0.2) is 24.8 Å². The lowest BCUT2D eigenvalue weighted by molar-refractivity contribution is -0.0749. The molecule has 1 aromatic rings. The molecule has 0 bridgehead atoms. The fourth-order valence-corrected chi connectivity index (χ4v) is 2.82. The van der Waals surface area contributed by atoms with Crippen molar-refractivity contribution in [3.63, 3.8) is 0 Å². The molecule has 1 fully saturated rings. The van der Waals surface area contributed by atoms with Crippen molar-refractivity contribution in [1.82, 2.24) is 0 Å². The fraction of sp³-hybridized carbons (Fsp3) is 0.538. The van der Waals surface area contributed by atoms with E-state index in [0.29, 0.717) is 23.2 Å². The maximum absolute atomic E-state index is 13.6. The number of nitrogen functional groups attached to an aromatic ring is 1. The molecule has 18 heavy (non-hydrogen) atoms. The molecule has 0 aromatic heterocycles. The second-order valence-electron chi connectivity index (χ2n) is 5.39. The zero-order valence-electron chi connectivity index (χ0n) is 10.8. The zero-order valence-corrected chi connectivity index (χ0v) is 12.4. The van der Waals surface area contributed by atoms with Gasteiger partial charge in [0.25, 0.3) is 0 Å². The van der Waals surface area contributed by atoms with E-state index >= 15 is 0 Å². The highest BCUT2D eigenvalue weighted by Crippen LogP contribution is 2.33. The second-order valence-corrected chi connectivity index (χ2v) is 6.25. The average molecular weight is 317 g/mol. The van der Waals surface area contributed by atoms with E-state index in [9.17, 15) is 4.39 Å². The summed E-state index contributed by atoms with van der Waals surface area (Å²) in [6.07, 6.45) is 0.0971. The van der Waals surface area contributed by atoms with E-state index in [-0.39, 0.29) is 17.5 Å². The van der Waals surface area contributed by atoms with Crippen molar-refractivity contribution in [2.75, 3.05) is 23.7 Å². The summed E-state index contributed by atoms with van der Waals surface area (Å²) in [6.45, 7) is 7.48. The molecule has 1 aromatic carbocycles. The number of ether oxygens (including phenoxy) is 1. The largest absolute Gasteiger partial charge is 0.397 e. The van der Waals surface area contributed by atoms with Gasteiger partial charge in [-0.1, -0.05) is 0 Å². The maximum Gasteiger partial charge on any atom is 0.139 e. The smallest absolute Gasteiger partial charge is 0.139 e. The minimum absolute atomic E-state index is 0.0971. The minimum Gasteiger partial charge on any atom is -0.397 e. The van der Waals surface area contributed by atoms with Crippen LogP contribution in [0.5, 0.6) is 0 Å². The van der Waals surface area contributed by atoms with Crippen molar-refractivity contribution in [2.24, 2.45) is 0 Å². The first kappa shape index (κ1) is 13.6. The molecule has 0 amide bonds. The monoisotopic (exact) mass is 316 g/mol. The number of morpholine rings is 1. The van der Waals surface area contributed by atoms with Crippen molar-refractivity contribution in [1.29, 1.82) is 0 Å². The maximum atomic E-state index is 13.6. The first-order valence-corrected chi connectivity index (χ1v) is 6.75. The van der Waals surface area contributed by atoms with Crippen LogP contribution in [0.15, 0.2) is 16.6 Å². The second kappa shape index (κ2) is 4.70. The van der Waals surface area contributed by atoms with Gasteiger partial charge in [0, 0.05) is 19.2 Å². The number of hydrogen-bond acceptors (Lipinski definition) is 3. The summed E-state index contributed by atoms with van der Waals surface area (Å²) in [6, 6.07) is 3.09. The number of rotatable bonds is 1. The summed E-state index contributed by atoms with van der Waals surface area (Å²) < 4.78 is 19.9. The summed E-state index contributed by atoms with van der Waals surface area (Å²) in [5.74, 6) is -0.295. The topological polar surface area (TPSA) is 38.5 Å². The Bertz CT molecular complexity index is 465. The summed E-state index contributed by atoms with van der Waals surface area (Å²) in [4.78, 5) is 2.08. The Kier molecular flexibility index (Phi) is 3.56. The third kappa shape index (κ3) is 2.78. The van der Waals surface area contributed by atoms with Crippen molar-refractivity contribution >= 4 is 27.3 Å². The fourth-order valence-electron chi connectivity index (χ4n) is 2.46. The van der Waals surface area contributed by atoms with Gasteiger partial charge in [-0.05, 0) is 42.8 Å². The predicted octanol–water partition coefficient (Wildman–Crippen LogP) is 3.17. The molecule has 0 aliphatic carbocycles. The molecule has 0 saturated carbocycles. The molecule has 1 atom stereocenters. The van der Waals surface area contributed by atoms with Gasteiger partial charge in [-0.25, -0.2) is 4.39 Å². The zero-order chi connectivity index (χ0) is 13.5. The highest BCUT2D eigenvalue weighted by molar-refractivity contribution is 9.10. The van der Waals surface area contributed by atoms with Crippen LogP contribution in [0.3, 0.4) is 0 Å². The summed E-state index contributed by atoms with van der Waals surface area (Å²) in [7, 11) is 0. The summed E-state index contributed by atoms with van der Waals surface area (Å²) in [5, 5.41) is 0. The van der Waals surface area contributed by atoms with Gasteiger partial charge in [0.1, 0.15) is 5.82 Å². The quantitative estimate of drug-likeness (QED) is 0.809. The van der Waals surface area contributed by atoms with E-state index in [1.54, 1.807) is 6.07 Å². The van der Waals surface area contributed by atoms with Crippen LogP contribution < -0.4 is 10.6 Å². The molecular formula is C13H18BrFN2O. The van der Waals surface area contributed by atoms with Gasteiger partial charge in [-0.15, -0.1) is 0 Å². The lowest BCUT2D eigenvalue weighted by Gasteiger charge is -2.43. The molecule has 0 spiro atoms. The van der Waals surface area contributed by atoms with E-state index in [1.807, 2.05) is 20.8 Å². The number of nitrogens with zero attached hydrogens (tertiary/aromatic N) is 1. The number of hydrogen-bond donors (Lipinski definition) is 1. The first-order chi connectivity index (χ1) is 8.28. The lowest BCUT2D eigenvalue weighted by atomic mass is 10.0. The average Bonchev–Trinajstić information content (AvgIpc) is 2.20. The predicted molar refractivity (Wildman–Crippen MR) is 75.4 cm³/mol. The Morgan fingerprint density at radius 1 is 1.50 bits per heavy atom. The van der Waals surface area contributed by atoms with E-state index in [0.717, 1.165) is 5.69 Å². The van der Waals surface area contributed by atoms with E-state index in [2.05, 4.69) is 20.8 Å². The summed E-state index contributed by atoms with van der Waals surface area (Å²) in [5.41, 5.74) is 7.03. The van der Waals surface area contributed by atoms with Gasteiger partial charge in [0.15, 0.2) is 0 Å². The third-order valence-corrected chi connectivity index (χ3v) is 3.59. The number of halogens is 2. The Hall–Kier alpha value is -0.810. The standard InChI is InChI=1S/C13H18BrFN2O/c1-8-6-17(7-13(2,3)18-8)12-5-10(15)9(14)4-11(12)16/h4-5,8H,6-7,16H2,1-3H3. The first-order valence-electron chi connectivity index (χ1n) is 5.96. The summed E-state index contributed by atoms with van der Waals surface area (Å²) >= 11 is 3.14. The van der Waals surface area contributed by atoms with E-state index in [4.69, 9.17) is 10.5 Å². The highest BCUT2D eigenvalue weighted by atomic mass is 79.9. The van der Waals surface area contributed by atoms with Crippen LogP contribution in [0.2, 0.25) is 0 Å². The van der Waals surface area contributed by atoms with E-state index < -0.39 is 0 Å². The van der Waals surface area contributed by atoms with Crippen molar-refractivity contribution in [2.45, 2.75) is 32.5 Å². The number of nitrogens with two attached hydrogens (primary N) is 1. The molecule has 1 saturated heterocycles. The van der Waals surface area contributed by atoms with Crippen LogP contribution in [-0.2, 0) is 4.74 Å². The van der Waals surface area contributed by atoms with Crippen molar-refractivity contribution < 1.29 is 9.13 Å². The third-order valence-electron chi connectivity index (χ3n) is 2.98. The molecular weight excluding hydrogens is 299 g/mol. The van der Waals surface area contributed by atoms with Gasteiger partial charge in [-0.2, -0.15) is 0 Å². The molecule has 5 heteroatoms. The van der Waals surface area contributed by atoms with Gasteiger partial charge >= 0.3 is 0 Å². The molecule has 0 radical (unpaired) electrons. The van der Waals surface area contributed by atoms with Crippen LogP contribution in [0.4, 0.5) is 15.8 Å². The van der Waals surface area contributed by atoms with Crippen molar-refractivity contribution in [3.8, 4) is 0 Å². The Morgan fingerprint density at radius 2 is 2.17 bits per heavy atom. The Labute approximate surface area is 115 Å². The van der Waals surface area contributed by atoms with E-state index in [1.165, 1.54) is 6.07 Å². The molecule has 1 aliphatic heterocycles. The van der Waals surface area contributed by atoms with Crippen LogP contribution in [0.1, 0.15) is 20.8 Å². The highest BCUT2D eigenvalue weighted by Gasteiger charge is 2.32. The number of benzene rings is 1. The van der Waals surface area contributed by atoms with Crippen LogP contribution in [0, 0.1) is 5.82 Å². The molecule has 100 valence electrons. The van der Waals surface area contributed by atoms with Gasteiger partial charge < -0.3 is 15.4 Å². The lowest BCUT2D eigenvalue weighted by Crippen LogP contribution is -2.52. The van der Waals surface area contributed by atoms with Gasteiger partial charge in [0.2, 0.25) is 0 Å². The van der Waals surface area contributed by atoms with Crippen LogP contribution >= 0.6 is 15.9 Å². The SMILES string of the molecule is CC1CN(c2cc(F)c(Br)cc2N)CC(C)(C)O1. The molecule has 3 nitrogen and oxygen atoms in total. The number of anilines is 2. The minimum atomic E-state index is -0.295. The Morgan fingerprint density at radius 3 is 2.78 bits per heavy atom. The molecule has 1 unspecified atom stereocenters. The van der Waals surface area contributed by atoms with Crippen LogP contribution in [0.25, 0.3) is 0 Å². The Balaban J connectivity index is 2.34. The normalized spacial score (nSPS) is 23.2.